The molecule has 0 saturated heterocycles. The topological polar surface area (TPSA) is 91.8 Å². The first-order chi connectivity index (χ1) is 13.7. The van der Waals surface area contributed by atoms with Crippen molar-refractivity contribution in [3.8, 4) is 5.75 Å². The Balaban J connectivity index is 1.98. The van der Waals surface area contributed by atoms with Crippen LogP contribution in [-0.2, 0) is 23.1 Å². The number of alkyl halides is 2. The lowest BCUT2D eigenvalue weighted by atomic mass is 10.1. The van der Waals surface area contributed by atoms with Crippen molar-refractivity contribution < 1.29 is 21.9 Å². The molecule has 0 aliphatic carbocycles. The van der Waals surface area contributed by atoms with E-state index in [0.717, 1.165) is 11.1 Å². The van der Waals surface area contributed by atoms with Crippen molar-refractivity contribution >= 4 is 16.0 Å². The van der Waals surface area contributed by atoms with Gasteiger partial charge in [0, 0.05) is 25.7 Å². The van der Waals surface area contributed by atoms with Gasteiger partial charge in [-0.1, -0.05) is 29.8 Å². The Labute approximate surface area is 169 Å². The largest absolute Gasteiger partial charge is 0.434 e. The third kappa shape index (κ3) is 6.68. The van der Waals surface area contributed by atoms with E-state index in [1.54, 1.807) is 31.3 Å². The minimum atomic E-state index is -3.48. The van der Waals surface area contributed by atoms with E-state index in [1.165, 1.54) is 25.2 Å². The van der Waals surface area contributed by atoms with Crippen LogP contribution >= 0.6 is 0 Å². The molecule has 7 nitrogen and oxygen atoms in total. The molecule has 2 aromatic rings. The monoisotopic (exact) mass is 426 g/mol. The molecule has 0 heterocycles. The molecular weight excluding hydrogens is 402 g/mol. The normalized spacial score (nSPS) is 12.1. The zero-order chi connectivity index (χ0) is 21.4. The van der Waals surface area contributed by atoms with E-state index in [-0.39, 0.29) is 17.2 Å². The third-order valence-corrected chi connectivity index (χ3v) is 5.49. The van der Waals surface area contributed by atoms with Crippen LogP contribution in [0.1, 0.15) is 16.7 Å². The number of aryl methyl sites for hydroxylation is 1. The van der Waals surface area contributed by atoms with Gasteiger partial charge in [0.05, 0.1) is 4.90 Å². The molecule has 158 valence electrons. The fraction of sp³-hybridized carbons (Fsp3) is 0.316. The second kappa shape index (κ2) is 10.2. The Morgan fingerprint density at radius 2 is 1.76 bits per heavy atom. The van der Waals surface area contributed by atoms with Gasteiger partial charge in [0.25, 0.3) is 0 Å². The van der Waals surface area contributed by atoms with Gasteiger partial charge in [-0.2, -0.15) is 8.78 Å². The molecule has 2 aromatic carbocycles. The Morgan fingerprint density at radius 1 is 1.10 bits per heavy atom. The number of hydrogen-bond acceptors (Lipinski definition) is 4. The summed E-state index contributed by atoms with van der Waals surface area (Å²) in [7, 11) is -0.537. The number of halogens is 2. The molecule has 0 fully saturated rings. The Hall–Kier alpha value is -2.72. The molecule has 0 aliphatic heterocycles. The molecule has 0 aromatic heterocycles. The predicted octanol–water partition coefficient (Wildman–Crippen LogP) is 2.37. The highest BCUT2D eigenvalue weighted by molar-refractivity contribution is 7.89. The van der Waals surface area contributed by atoms with Gasteiger partial charge < -0.3 is 15.4 Å². The van der Waals surface area contributed by atoms with Crippen LogP contribution in [0.5, 0.6) is 5.75 Å². The summed E-state index contributed by atoms with van der Waals surface area (Å²) >= 11 is 0. The zero-order valence-electron chi connectivity index (χ0n) is 16.4. The van der Waals surface area contributed by atoms with Crippen molar-refractivity contribution in [2.24, 2.45) is 4.99 Å². The van der Waals surface area contributed by atoms with E-state index in [2.05, 4.69) is 25.1 Å². The number of nitrogens with zero attached hydrogens (tertiary/aromatic N) is 1. The molecule has 0 unspecified atom stereocenters. The summed E-state index contributed by atoms with van der Waals surface area (Å²) in [6.45, 7) is -0.402. The van der Waals surface area contributed by atoms with Gasteiger partial charge >= 0.3 is 6.61 Å². The van der Waals surface area contributed by atoms with Crippen LogP contribution in [0.15, 0.2) is 52.4 Å². The maximum Gasteiger partial charge on any atom is 0.387 e. The Kier molecular flexibility index (Phi) is 7.91. The highest BCUT2D eigenvalue weighted by Crippen LogP contribution is 2.22. The number of aliphatic imine (C=N–C) groups is 1. The lowest BCUT2D eigenvalue weighted by Gasteiger charge is -2.15. The summed E-state index contributed by atoms with van der Waals surface area (Å²) in [4.78, 5) is 4.28. The molecule has 0 atom stereocenters. The molecule has 0 bridgehead atoms. The SMILES string of the molecule is CN=C(NCc1ccc(S(=O)(=O)NC)cc1)NCc1cc(C)ccc1OC(F)F. The van der Waals surface area contributed by atoms with Crippen LogP contribution in [0.4, 0.5) is 8.78 Å². The first kappa shape index (κ1) is 22.6. The van der Waals surface area contributed by atoms with Gasteiger partial charge in [-0.25, -0.2) is 13.1 Å². The molecule has 29 heavy (non-hydrogen) atoms. The molecule has 3 N–H and O–H groups in total. The first-order valence-corrected chi connectivity index (χ1v) is 10.2. The second-order valence-electron chi connectivity index (χ2n) is 6.12. The molecule has 0 spiro atoms. The molecular formula is C19H24F2N4O3S. The Morgan fingerprint density at radius 3 is 2.34 bits per heavy atom. The standard InChI is InChI=1S/C19H24F2N4O3S/c1-13-4-9-17(28-18(20)21)15(10-13)12-25-19(22-2)24-11-14-5-7-16(8-6-14)29(26,27)23-3/h4-10,18,23H,11-12H2,1-3H3,(H2,22,24,25). The highest BCUT2D eigenvalue weighted by atomic mass is 32.2. The molecule has 0 saturated carbocycles. The van der Waals surface area contributed by atoms with E-state index in [0.29, 0.717) is 18.1 Å². The van der Waals surface area contributed by atoms with Crippen molar-refractivity contribution in [3.05, 3.63) is 59.2 Å². The molecule has 2 rings (SSSR count). The number of nitrogens with one attached hydrogen (secondary N) is 3. The van der Waals surface area contributed by atoms with Gasteiger partial charge in [0.1, 0.15) is 5.75 Å². The highest BCUT2D eigenvalue weighted by Gasteiger charge is 2.12. The van der Waals surface area contributed by atoms with Crippen molar-refractivity contribution in [1.82, 2.24) is 15.4 Å². The second-order valence-corrected chi connectivity index (χ2v) is 8.01. The Bertz CT molecular complexity index is 948. The summed E-state index contributed by atoms with van der Waals surface area (Å²) in [6.07, 6.45) is 0. The van der Waals surface area contributed by atoms with Gasteiger partial charge in [0.2, 0.25) is 10.0 Å². The van der Waals surface area contributed by atoms with E-state index >= 15 is 0 Å². The van der Waals surface area contributed by atoms with Crippen molar-refractivity contribution in [1.29, 1.82) is 0 Å². The maximum atomic E-state index is 12.6. The van der Waals surface area contributed by atoms with Gasteiger partial charge in [-0.05, 0) is 37.7 Å². The summed E-state index contributed by atoms with van der Waals surface area (Å²) in [5, 5.41) is 6.14. The first-order valence-electron chi connectivity index (χ1n) is 8.76. The number of ether oxygens (including phenoxy) is 1. The molecule has 0 aliphatic rings. The molecule has 0 amide bonds. The zero-order valence-corrected chi connectivity index (χ0v) is 17.2. The van der Waals surface area contributed by atoms with Gasteiger partial charge in [0.15, 0.2) is 5.96 Å². The van der Waals surface area contributed by atoms with Crippen molar-refractivity contribution in [2.75, 3.05) is 14.1 Å². The number of benzene rings is 2. The average Bonchev–Trinajstić information content (AvgIpc) is 2.70. The molecule has 0 radical (unpaired) electrons. The average molecular weight is 426 g/mol. The molecule has 10 heteroatoms. The van der Waals surface area contributed by atoms with Crippen LogP contribution in [-0.4, -0.2) is 35.1 Å². The lowest BCUT2D eigenvalue weighted by Crippen LogP contribution is -2.36. The van der Waals surface area contributed by atoms with Crippen LogP contribution in [0.2, 0.25) is 0 Å². The summed E-state index contributed by atoms with van der Waals surface area (Å²) in [5.41, 5.74) is 2.35. The fourth-order valence-corrected chi connectivity index (χ4v) is 3.28. The third-order valence-electron chi connectivity index (χ3n) is 4.06. The van der Waals surface area contributed by atoms with E-state index < -0.39 is 16.6 Å². The van der Waals surface area contributed by atoms with Gasteiger partial charge in [-0.15, -0.1) is 0 Å². The van der Waals surface area contributed by atoms with E-state index in [9.17, 15) is 17.2 Å². The van der Waals surface area contributed by atoms with Crippen LogP contribution < -0.4 is 20.1 Å². The summed E-state index contributed by atoms with van der Waals surface area (Å²) < 4.78 is 55.5. The number of rotatable bonds is 8. The maximum absolute atomic E-state index is 12.6. The predicted molar refractivity (Wildman–Crippen MR) is 108 cm³/mol. The van der Waals surface area contributed by atoms with E-state index in [4.69, 9.17) is 0 Å². The smallest absolute Gasteiger partial charge is 0.387 e. The number of guanidine groups is 1. The minimum Gasteiger partial charge on any atom is -0.434 e. The number of hydrogen-bond donors (Lipinski definition) is 3. The van der Waals surface area contributed by atoms with Crippen LogP contribution in [0, 0.1) is 6.92 Å². The van der Waals surface area contributed by atoms with Gasteiger partial charge in [-0.3, -0.25) is 4.99 Å². The number of sulfonamides is 1. The fourth-order valence-electron chi connectivity index (χ4n) is 2.55. The van der Waals surface area contributed by atoms with Crippen molar-refractivity contribution in [2.45, 2.75) is 31.5 Å². The lowest BCUT2D eigenvalue weighted by molar-refractivity contribution is -0.0504. The van der Waals surface area contributed by atoms with Crippen LogP contribution in [0.3, 0.4) is 0 Å². The summed E-state index contributed by atoms with van der Waals surface area (Å²) in [6, 6.07) is 11.4. The van der Waals surface area contributed by atoms with Crippen LogP contribution in [0.25, 0.3) is 0 Å². The minimum absolute atomic E-state index is 0.106. The quantitative estimate of drug-likeness (QED) is 0.445. The van der Waals surface area contributed by atoms with Crippen molar-refractivity contribution in [3.63, 3.8) is 0 Å². The van der Waals surface area contributed by atoms with E-state index in [1.807, 2.05) is 6.92 Å². The summed E-state index contributed by atoms with van der Waals surface area (Å²) in [5.74, 6) is 0.566.